The number of carbonyl (C=O) groups excluding carboxylic acids is 1. The van der Waals surface area contributed by atoms with Gasteiger partial charge in [0.2, 0.25) is 5.56 Å². The molecule has 1 aliphatic rings. The lowest BCUT2D eigenvalue weighted by atomic mass is 10.1. The molecule has 0 fully saturated rings. The van der Waals surface area contributed by atoms with Gasteiger partial charge in [0.15, 0.2) is 5.82 Å². The fraction of sp³-hybridized carbons (Fsp3) is 0.333. The molecule has 1 amide bonds. The fourth-order valence-corrected chi connectivity index (χ4v) is 3.83. The van der Waals surface area contributed by atoms with Crippen LogP contribution in [0.1, 0.15) is 46.2 Å². The Morgan fingerprint density at radius 2 is 1.96 bits per heavy atom. The van der Waals surface area contributed by atoms with Crippen molar-refractivity contribution in [1.29, 1.82) is 0 Å². The van der Waals surface area contributed by atoms with Crippen LogP contribution >= 0.6 is 0 Å². The highest BCUT2D eigenvalue weighted by atomic mass is 16.2. The molecule has 0 unspecified atom stereocenters. The van der Waals surface area contributed by atoms with Gasteiger partial charge in [0, 0.05) is 30.3 Å². The Morgan fingerprint density at radius 1 is 1.18 bits per heavy atom. The van der Waals surface area contributed by atoms with E-state index in [2.05, 4.69) is 38.8 Å². The van der Waals surface area contributed by atoms with E-state index < -0.39 is 0 Å². The van der Waals surface area contributed by atoms with E-state index in [1.165, 1.54) is 11.6 Å². The monoisotopic (exact) mass is 377 g/mol. The number of nitrogens with one attached hydrogen (secondary N) is 1. The van der Waals surface area contributed by atoms with Gasteiger partial charge in [0.05, 0.1) is 12.6 Å². The molecule has 1 N–H and O–H groups in total. The molecule has 4 rings (SSSR count). The Kier molecular flexibility index (Phi) is 4.81. The molecular weight excluding hydrogens is 354 g/mol. The largest absolute Gasteiger partial charge is 0.329 e. The molecular formula is C21H23N5O2. The van der Waals surface area contributed by atoms with Crippen molar-refractivity contribution in [3.63, 3.8) is 0 Å². The topological polar surface area (TPSA) is 83.9 Å². The van der Waals surface area contributed by atoms with Gasteiger partial charge in [-0.2, -0.15) is 0 Å². The van der Waals surface area contributed by atoms with E-state index in [0.29, 0.717) is 24.3 Å². The predicted molar refractivity (Wildman–Crippen MR) is 105 cm³/mol. The van der Waals surface area contributed by atoms with Crippen molar-refractivity contribution in [3.8, 4) is 0 Å². The second kappa shape index (κ2) is 7.42. The van der Waals surface area contributed by atoms with Gasteiger partial charge in [-0.1, -0.05) is 30.3 Å². The average Bonchev–Trinajstić information content (AvgIpc) is 3.09. The summed E-state index contributed by atoms with van der Waals surface area (Å²) >= 11 is 0. The smallest absolute Gasteiger partial charge is 0.254 e. The number of nitrogens with zero attached hydrogens (tertiary/aromatic N) is 4. The normalized spacial score (nSPS) is 16.1. The zero-order chi connectivity index (χ0) is 19.7. The van der Waals surface area contributed by atoms with Gasteiger partial charge in [-0.3, -0.25) is 9.59 Å². The highest BCUT2D eigenvalue weighted by molar-refractivity contribution is 5.94. The highest BCUT2D eigenvalue weighted by Crippen LogP contribution is 2.23. The maximum absolute atomic E-state index is 12.9. The van der Waals surface area contributed by atoms with E-state index >= 15 is 0 Å². The van der Waals surface area contributed by atoms with Crippen LogP contribution in [0, 0.1) is 6.92 Å². The van der Waals surface area contributed by atoms with Crippen molar-refractivity contribution in [1.82, 2.24) is 24.6 Å². The van der Waals surface area contributed by atoms with Gasteiger partial charge < -0.3 is 14.5 Å². The summed E-state index contributed by atoms with van der Waals surface area (Å²) in [5, 5.41) is 8.71. The number of pyridine rings is 1. The van der Waals surface area contributed by atoms with E-state index in [4.69, 9.17) is 0 Å². The van der Waals surface area contributed by atoms with Gasteiger partial charge in [0.1, 0.15) is 5.82 Å². The lowest BCUT2D eigenvalue weighted by Gasteiger charge is -2.32. The molecule has 1 aliphatic heterocycles. The van der Waals surface area contributed by atoms with E-state index in [0.717, 1.165) is 24.5 Å². The molecule has 3 heterocycles. The summed E-state index contributed by atoms with van der Waals surface area (Å²) < 4.78 is 2.15. The Hall–Kier alpha value is -3.22. The standard InChI is InChI=1S/C21H23N5O2/c1-14-10-17(11-20(27)22-14)21(28)25-12-15(2)26-18(23-24-19(26)13-25)9-8-16-6-4-3-5-7-16/h3-7,10-11,15H,8-9,12-13H2,1-2H3,(H,22,27)/t15-/m0/s1. The first kappa shape index (κ1) is 18.2. The lowest BCUT2D eigenvalue weighted by molar-refractivity contribution is 0.0679. The number of H-pyrrole nitrogens is 1. The van der Waals surface area contributed by atoms with Crippen molar-refractivity contribution in [3.05, 3.63) is 81.3 Å². The SMILES string of the molecule is Cc1cc(C(=O)N2Cc3nnc(CCc4ccccc4)n3[C@@H](C)C2)cc(=O)[nH]1. The number of aromatic nitrogens is 4. The minimum atomic E-state index is -0.264. The number of rotatable bonds is 4. The molecule has 144 valence electrons. The summed E-state index contributed by atoms with van der Waals surface area (Å²) in [6.07, 6.45) is 1.71. The Labute approximate surface area is 163 Å². The quantitative estimate of drug-likeness (QED) is 0.756. The number of aryl methyl sites for hydroxylation is 3. The summed E-state index contributed by atoms with van der Waals surface area (Å²) in [5.41, 5.74) is 2.09. The number of aromatic amines is 1. The van der Waals surface area contributed by atoms with Gasteiger partial charge in [-0.05, 0) is 31.9 Å². The van der Waals surface area contributed by atoms with Crippen LogP contribution in [0.25, 0.3) is 0 Å². The summed E-state index contributed by atoms with van der Waals surface area (Å²) in [7, 11) is 0. The highest BCUT2D eigenvalue weighted by Gasteiger charge is 2.29. The number of hydrogen-bond donors (Lipinski definition) is 1. The second-order valence-corrected chi connectivity index (χ2v) is 7.34. The number of hydrogen-bond acceptors (Lipinski definition) is 4. The van der Waals surface area contributed by atoms with Gasteiger partial charge >= 0.3 is 0 Å². The Morgan fingerprint density at radius 3 is 2.71 bits per heavy atom. The zero-order valence-electron chi connectivity index (χ0n) is 16.1. The molecule has 28 heavy (non-hydrogen) atoms. The van der Waals surface area contributed by atoms with Crippen molar-refractivity contribution in [2.45, 2.75) is 39.3 Å². The molecule has 0 radical (unpaired) electrons. The van der Waals surface area contributed by atoms with Crippen molar-refractivity contribution < 1.29 is 4.79 Å². The third-order valence-electron chi connectivity index (χ3n) is 5.09. The van der Waals surface area contributed by atoms with Crippen LogP contribution in [-0.2, 0) is 19.4 Å². The maximum atomic E-state index is 12.9. The van der Waals surface area contributed by atoms with Crippen LogP contribution < -0.4 is 5.56 Å². The second-order valence-electron chi connectivity index (χ2n) is 7.34. The summed E-state index contributed by atoms with van der Waals surface area (Å²) in [6.45, 7) is 4.80. The zero-order valence-corrected chi connectivity index (χ0v) is 16.1. The van der Waals surface area contributed by atoms with Crippen LogP contribution in [-0.4, -0.2) is 37.1 Å². The molecule has 7 nitrogen and oxygen atoms in total. The number of carbonyl (C=O) groups is 1. The lowest BCUT2D eigenvalue weighted by Crippen LogP contribution is -2.41. The van der Waals surface area contributed by atoms with Crippen LogP contribution in [0.4, 0.5) is 0 Å². The molecule has 2 aromatic heterocycles. The molecule has 7 heteroatoms. The van der Waals surface area contributed by atoms with E-state index in [-0.39, 0.29) is 17.5 Å². The number of amides is 1. The van der Waals surface area contributed by atoms with Gasteiger partial charge in [-0.25, -0.2) is 0 Å². The first-order valence-electron chi connectivity index (χ1n) is 9.48. The third-order valence-corrected chi connectivity index (χ3v) is 5.09. The molecule has 1 aromatic carbocycles. The minimum Gasteiger partial charge on any atom is -0.329 e. The van der Waals surface area contributed by atoms with Crippen LogP contribution in [0.3, 0.4) is 0 Å². The van der Waals surface area contributed by atoms with Crippen LogP contribution in [0.15, 0.2) is 47.3 Å². The molecule has 0 saturated heterocycles. The average molecular weight is 377 g/mol. The van der Waals surface area contributed by atoms with Crippen LogP contribution in [0.5, 0.6) is 0 Å². The van der Waals surface area contributed by atoms with Crippen molar-refractivity contribution >= 4 is 5.91 Å². The Balaban J connectivity index is 1.52. The number of benzene rings is 1. The number of fused-ring (bicyclic) bond motifs is 1. The third kappa shape index (κ3) is 3.60. The summed E-state index contributed by atoms with van der Waals surface area (Å²) in [5.74, 6) is 1.59. The summed E-state index contributed by atoms with van der Waals surface area (Å²) in [4.78, 5) is 29.0. The van der Waals surface area contributed by atoms with E-state index in [1.807, 2.05) is 18.2 Å². The molecule has 0 bridgehead atoms. The maximum Gasteiger partial charge on any atom is 0.254 e. The summed E-state index contributed by atoms with van der Waals surface area (Å²) in [6, 6.07) is 13.5. The van der Waals surface area contributed by atoms with Crippen molar-refractivity contribution in [2.24, 2.45) is 0 Å². The van der Waals surface area contributed by atoms with E-state index in [1.54, 1.807) is 17.9 Å². The minimum absolute atomic E-state index is 0.0802. The first-order valence-corrected chi connectivity index (χ1v) is 9.48. The first-order chi connectivity index (χ1) is 13.5. The Bertz CT molecular complexity index is 1050. The van der Waals surface area contributed by atoms with Crippen LogP contribution in [0.2, 0.25) is 0 Å². The molecule has 1 atom stereocenters. The molecule has 0 aliphatic carbocycles. The predicted octanol–water partition coefficient (Wildman–Crippen LogP) is 2.28. The van der Waals surface area contributed by atoms with Crippen molar-refractivity contribution in [2.75, 3.05) is 6.54 Å². The van der Waals surface area contributed by atoms with Gasteiger partial charge in [0.25, 0.3) is 5.91 Å². The fourth-order valence-electron chi connectivity index (χ4n) is 3.83. The molecule has 0 saturated carbocycles. The molecule has 0 spiro atoms. The van der Waals surface area contributed by atoms with E-state index in [9.17, 15) is 9.59 Å². The van der Waals surface area contributed by atoms with Gasteiger partial charge in [-0.15, -0.1) is 10.2 Å². The molecule has 3 aromatic rings.